The van der Waals surface area contributed by atoms with Crippen molar-refractivity contribution in [2.45, 2.75) is 13.3 Å². The fourth-order valence-corrected chi connectivity index (χ4v) is 0.736. The van der Waals surface area contributed by atoms with Gasteiger partial charge in [-0.2, -0.15) is 0 Å². The van der Waals surface area contributed by atoms with Gasteiger partial charge in [-0.3, -0.25) is 4.79 Å². The van der Waals surface area contributed by atoms with Crippen LogP contribution < -0.4 is 0 Å². The third kappa shape index (κ3) is 8.80. The van der Waals surface area contributed by atoms with Gasteiger partial charge in [-0.25, -0.2) is 9.59 Å². The van der Waals surface area contributed by atoms with Gasteiger partial charge < -0.3 is 9.47 Å². The summed E-state index contributed by atoms with van der Waals surface area (Å²) in [4.78, 5) is 32.6. The molecule has 0 radical (unpaired) electrons. The molecule has 0 bridgehead atoms. The lowest BCUT2D eigenvalue weighted by molar-refractivity contribution is -0.157. The summed E-state index contributed by atoms with van der Waals surface area (Å²) in [7, 11) is 0. The second kappa shape index (κ2) is 9.08. The van der Waals surface area contributed by atoms with Crippen LogP contribution >= 0.6 is 0 Å². The van der Waals surface area contributed by atoms with Gasteiger partial charge in [0.25, 0.3) is 0 Å². The highest BCUT2D eigenvalue weighted by atomic mass is 16.6. The first-order chi connectivity index (χ1) is 8.10. The van der Waals surface area contributed by atoms with E-state index in [1.807, 2.05) is 0 Å². The van der Waals surface area contributed by atoms with Crippen molar-refractivity contribution in [2.24, 2.45) is 0 Å². The van der Waals surface area contributed by atoms with Crippen LogP contribution in [0, 0.1) is 0 Å². The summed E-state index contributed by atoms with van der Waals surface area (Å²) in [5.74, 6) is -2.14. The van der Waals surface area contributed by atoms with E-state index in [-0.39, 0.29) is 13.0 Å². The van der Waals surface area contributed by atoms with Crippen molar-refractivity contribution >= 4 is 17.9 Å². The van der Waals surface area contributed by atoms with E-state index in [9.17, 15) is 14.4 Å². The molecule has 0 aliphatic rings. The molecule has 5 heteroatoms. The molecule has 0 spiro atoms. The van der Waals surface area contributed by atoms with Gasteiger partial charge in [0.1, 0.15) is 6.61 Å². The van der Waals surface area contributed by atoms with Crippen LogP contribution in [0.3, 0.4) is 0 Å². The number of ether oxygens (including phenoxy) is 2. The summed E-state index contributed by atoms with van der Waals surface area (Å²) in [6.45, 7) is 4.83. The van der Waals surface area contributed by atoms with Crippen LogP contribution in [-0.2, 0) is 23.9 Å². The van der Waals surface area contributed by atoms with Gasteiger partial charge in [0.2, 0.25) is 0 Å². The highest BCUT2D eigenvalue weighted by molar-refractivity contribution is 5.92. The fourth-order valence-electron chi connectivity index (χ4n) is 0.736. The third-order valence-corrected chi connectivity index (χ3v) is 1.47. The van der Waals surface area contributed by atoms with E-state index in [1.165, 1.54) is 6.08 Å². The Labute approximate surface area is 99.4 Å². The molecule has 0 amide bonds. The molecule has 0 atom stereocenters. The Morgan fingerprint density at radius 3 is 2.47 bits per heavy atom. The number of carbonyl (C=O) groups excluding carboxylic acids is 3. The molecule has 5 nitrogen and oxygen atoms in total. The van der Waals surface area contributed by atoms with E-state index in [0.29, 0.717) is 0 Å². The second-order valence-electron chi connectivity index (χ2n) is 2.80. The van der Waals surface area contributed by atoms with Crippen LogP contribution in [0.5, 0.6) is 0 Å². The quantitative estimate of drug-likeness (QED) is 0.302. The Morgan fingerprint density at radius 1 is 1.18 bits per heavy atom. The number of allylic oxidation sites excluding steroid dienone is 3. The van der Waals surface area contributed by atoms with Gasteiger partial charge in [0.05, 0.1) is 6.42 Å². The number of hydrogen-bond acceptors (Lipinski definition) is 5. The molecule has 0 aromatic heterocycles. The second-order valence-corrected chi connectivity index (χ2v) is 2.80. The lowest BCUT2D eigenvalue weighted by Gasteiger charge is -2.00. The van der Waals surface area contributed by atoms with Crippen LogP contribution in [0.25, 0.3) is 0 Å². The highest BCUT2D eigenvalue weighted by Gasteiger charge is 2.08. The lowest BCUT2D eigenvalue weighted by atomic mass is 10.4. The minimum absolute atomic E-state index is 0.143. The zero-order valence-electron chi connectivity index (χ0n) is 9.55. The largest absolute Gasteiger partial charge is 0.462 e. The van der Waals surface area contributed by atoms with Crippen molar-refractivity contribution < 1.29 is 23.9 Å². The molecule has 0 saturated heterocycles. The van der Waals surface area contributed by atoms with Gasteiger partial charge in [-0.05, 0) is 6.92 Å². The molecule has 17 heavy (non-hydrogen) atoms. The van der Waals surface area contributed by atoms with Crippen LogP contribution in [0.15, 0.2) is 37.0 Å². The molecule has 92 valence electrons. The number of hydrogen-bond donors (Lipinski definition) is 0. The summed E-state index contributed by atoms with van der Waals surface area (Å²) < 4.78 is 8.94. The topological polar surface area (TPSA) is 69.7 Å². The van der Waals surface area contributed by atoms with E-state index >= 15 is 0 Å². The first kappa shape index (κ1) is 14.8. The molecule has 0 saturated carbocycles. The zero-order valence-corrected chi connectivity index (χ0v) is 9.55. The van der Waals surface area contributed by atoms with E-state index in [4.69, 9.17) is 0 Å². The monoisotopic (exact) mass is 238 g/mol. The average molecular weight is 238 g/mol. The van der Waals surface area contributed by atoms with Crippen molar-refractivity contribution in [3.63, 3.8) is 0 Å². The molecule has 0 N–H and O–H groups in total. The Balaban J connectivity index is 3.82. The summed E-state index contributed by atoms with van der Waals surface area (Å²) in [6.07, 6.45) is 6.72. The van der Waals surface area contributed by atoms with Gasteiger partial charge in [0.15, 0.2) is 0 Å². The molecule has 0 aliphatic carbocycles. The lowest BCUT2D eigenvalue weighted by Crippen LogP contribution is -2.13. The molecule has 0 heterocycles. The first-order valence-electron chi connectivity index (χ1n) is 4.93. The normalized spacial score (nSPS) is 10.4. The van der Waals surface area contributed by atoms with Crippen molar-refractivity contribution in [3.05, 3.63) is 37.0 Å². The highest BCUT2D eigenvalue weighted by Crippen LogP contribution is 1.92. The van der Waals surface area contributed by atoms with Crippen molar-refractivity contribution in [1.29, 1.82) is 0 Å². The number of rotatable bonds is 6. The molecule has 0 rings (SSSR count). The summed E-state index contributed by atoms with van der Waals surface area (Å²) in [5, 5.41) is 0. The van der Waals surface area contributed by atoms with Crippen molar-refractivity contribution in [2.75, 3.05) is 6.61 Å². The minimum atomic E-state index is -0.761. The standard InChI is InChI=1S/C12H14O5/c1-3-5-6-7-11(14)17-12(15)8-9-16-10(13)4-2/h3-7H,2,8-9H2,1H3/b5-3+,7-6+. The van der Waals surface area contributed by atoms with Gasteiger partial charge in [-0.1, -0.05) is 24.8 Å². The predicted octanol–water partition coefficient (Wildman–Crippen LogP) is 1.31. The smallest absolute Gasteiger partial charge is 0.338 e. The third-order valence-electron chi connectivity index (χ3n) is 1.47. The predicted molar refractivity (Wildman–Crippen MR) is 60.8 cm³/mol. The molecule has 0 fully saturated rings. The molecular weight excluding hydrogens is 224 g/mol. The first-order valence-corrected chi connectivity index (χ1v) is 4.93. The van der Waals surface area contributed by atoms with E-state index < -0.39 is 17.9 Å². The van der Waals surface area contributed by atoms with Crippen molar-refractivity contribution in [1.82, 2.24) is 0 Å². The zero-order chi connectivity index (χ0) is 13.1. The fraction of sp³-hybridized carbons (Fsp3) is 0.250. The molecule has 0 aromatic rings. The van der Waals surface area contributed by atoms with Crippen LogP contribution in [-0.4, -0.2) is 24.5 Å². The molecular formula is C12H14O5. The Kier molecular flexibility index (Phi) is 7.93. The van der Waals surface area contributed by atoms with E-state index in [2.05, 4.69) is 16.1 Å². The maximum absolute atomic E-state index is 11.0. The van der Waals surface area contributed by atoms with Gasteiger partial charge in [0, 0.05) is 12.2 Å². The summed E-state index contributed by atoms with van der Waals surface area (Å²) in [6, 6.07) is 0. The van der Waals surface area contributed by atoms with Gasteiger partial charge >= 0.3 is 17.9 Å². The Morgan fingerprint density at radius 2 is 1.88 bits per heavy atom. The summed E-state index contributed by atoms with van der Waals surface area (Å²) >= 11 is 0. The van der Waals surface area contributed by atoms with E-state index in [1.54, 1.807) is 19.1 Å². The minimum Gasteiger partial charge on any atom is -0.462 e. The Hall–Kier alpha value is -2.17. The molecule has 0 aromatic carbocycles. The summed E-state index contributed by atoms with van der Waals surface area (Å²) in [5.41, 5.74) is 0. The number of carbonyl (C=O) groups is 3. The van der Waals surface area contributed by atoms with Crippen LogP contribution in [0.1, 0.15) is 13.3 Å². The maximum Gasteiger partial charge on any atom is 0.338 e. The van der Waals surface area contributed by atoms with Crippen molar-refractivity contribution in [3.8, 4) is 0 Å². The molecule has 0 unspecified atom stereocenters. The average Bonchev–Trinajstić information content (AvgIpc) is 2.29. The molecule has 0 aliphatic heterocycles. The van der Waals surface area contributed by atoms with Crippen LogP contribution in [0.4, 0.5) is 0 Å². The Bertz CT molecular complexity index is 352. The maximum atomic E-state index is 11.0. The SMILES string of the molecule is C=CC(=O)OCCC(=O)OC(=O)/C=C/C=C/C. The number of esters is 3. The van der Waals surface area contributed by atoms with Gasteiger partial charge in [-0.15, -0.1) is 0 Å². The van der Waals surface area contributed by atoms with E-state index in [0.717, 1.165) is 12.2 Å². The van der Waals surface area contributed by atoms with Crippen LogP contribution in [0.2, 0.25) is 0 Å².